The summed E-state index contributed by atoms with van der Waals surface area (Å²) >= 11 is 3.39. The summed E-state index contributed by atoms with van der Waals surface area (Å²) in [4.78, 5) is 4.10. The topological polar surface area (TPSA) is 48.7 Å². The second-order valence-electron chi connectivity index (χ2n) is 4.00. The van der Waals surface area contributed by atoms with Crippen LogP contribution < -0.4 is 5.32 Å². The molecule has 4 heteroatoms. The van der Waals surface area contributed by atoms with Crippen molar-refractivity contribution in [3.8, 4) is 6.07 Å². The highest BCUT2D eigenvalue weighted by atomic mass is 79.9. The van der Waals surface area contributed by atoms with Gasteiger partial charge in [-0.25, -0.2) is 0 Å². The van der Waals surface area contributed by atoms with Crippen molar-refractivity contribution in [1.29, 1.82) is 5.26 Å². The van der Waals surface area contributed by atoms with Crippen LogP contribution in [0.3, 0.4) is 0 Å². The molecule has 0 aliphatic carbocycles. The molecular weight excluding hydrogens is 290 g/mol. The number of anilines is 1. The highest BCUT2D eigenvalue weighted by molar-refractivity contribution is 9.10. The van der Waals surface area contributed by atoms with Gasteiger partial charge in [-0.15, -0.1) is 0 Å². The van der Waals surface area contributed by atoms with Crippen molar-refractivity contribution in [2.75, 3.05) is 5.32 Å². The first kappa shape index (κ1) is 12.6. The summed E-state index contributed by atoms with van der Waals surface area (Å²) in [5, 5.41) is 12.2. The van der Waals surface area contributed by atoms with Crippen LogP contribution in [-0.4, -0.2) is 4.98 Å². The molecule has 1 aromatic heterocycles. The van der Waals surface area contributed by atoms with E-state index in [0.717, 1.165) is 15.7 Å². The number of nitriles is 1. The number of hydrogen-bond donors (Lipinski definition) is 1. The molecular formula is C14H12BrN3. The van der Waals surface area contributed by atoms with Gasteiger partial charge in [-0.1, -0.05) is 12.1 Å². The molecule has 0 aliphatic heterocycles. The van der Waals surface area contributed by atoms with Crippen LogP contribution in [0, 0.1) is 11.3 Å². The number of hydrogen-bond acceptors (Lipinski definition) is 3. The smallest absolute Gasteiger partial charge is 0.0991 e. The summed E-state index contributed by atoms with van der Waals surface area (Å²) in [5.41, 5.74) is 2.70. The fourth-order valence-corrected chi connectivity index (χ4v) is 2.07. The minimum atomic E-state index is 0.120. The molecule has 0 bridgehead atoms. The fourth-order valence-electron chi connectivity index (χ4n) is 1.70. The second-order valence-corrected chi connectivity index (χ2v) is 4.91. The molecule has 3 nitrogen and oxygen atoms in total. The molecule has 0 saturated heterocycles. The maximum Gasteiger partial charge on any atom is 0.0991 e. The molecule has 0 saturated carbocycles. The zero-order chi connectivity index (χ0) is 13.0. The maximum atomic E-state index is 8.88. The molecule has 90 valence electrons. The van der Waals surface area contributed by atoms with Crippen LogP contribution in [0.5, 0.6) is 0 Å². The third-order valence-electron chi connectivity index (χ3n) is 2.60. The zero-order valence-corrected chi connectivity index (χ0v) is 11.5. The van der Waals surface area contributed by atoms with Gasteiger partial charge >= 0.3 is 0 Å². The summed E-state index contributed by atoms with van der Waals surface area (Å²) < 4.78 is 0.936. The molecule has 0 spiro atoms. The quantitative estimate of drug-likeness (QED) is 0.935. The Labute approximate surface area is 115 Å². The fraction of sp³-hybridized carbons (Fsp3) is 0.143. The lowest BCUT2D eigenvalue weighted by atomic mass is 10.1. The highest BCUT2D eigenvalue weighted by Crippen LogP contribution is 2.21. The van der Waals surface area contributed by atoms with Crippen LogP contribution >= 0.6 is 15.9 Å². The monoisotopic (exact) mass is 301 g/mol. The normalized spacial score (nSPS) is 11.6. The van der Waals surface area contributed by atoms with E-state index in [4.69, 9.17) is 5.26 Å². The number of pyridine rings is 1. The maximum absolute atomic E-state index is 8.88. The second kappa shape index (κ2) is 5.65. The van der Waals surface area contributed by atoms with Gasteiger partial charge in [-0.05, 0) is 46.6 Å². The van der Waals surface area contributed by atoms with Crippen LogP contribution in [0.4, 0.5) is 5.69 Å². The van der Waals surface area contributed by atoms with Crippen LogP contribution in [0.25, 0.3) is 0 Å². The van der Waals surface area contributed by atoms with Crippen molar-refractivity contribution in [3.63, 3.8) is 0 Å². The molecule has 2 rings (SSSR count). The SMILES string of the molecule is CC(Nc1cncc(Br)c1)c1cccc(C#N)c1. The van der Waals surface area contributed by atoms with Crippen LogP contribution in [0.15, 0.2) is 47.2 Å². The van der Waals surface area contributed by atoms with Crippen molar-refractivity contribution < 1.29 is 0 Å². The summed E-state index contributed by atoms with van der Waals surface area (Å²) in [6, 6.07) is 11.8. The Morgan fingerprint density at radius 2 is 2.17 bits per heavy atom. The Balaban J connectivity index is 2.17. The van der Waals surface area contributed by atoms with Gasteiger partial charge in [0.15, 0.2) is 0 Å². The third kappa shape index (κ3) is 3.08. The molecule has 0 aliphatic rings. The average molecular weight is 302 g/mol. The molecule has 1 N–H and O–H groups in total. The molecule has 1 heterocycles. The van der Waals surface area contributed by atoms with Crippen LogP contribution in [-0.2, 0) is 0 Å². The molecule has 1 unspecified atom stereocenters. The van der Waals surface area contributed by atoms with Gasteiger partial charge in [0.1, 0.15) is 0 Å². The van der Waals surface area contributed by atoms with Gasteiger partial charge in [-0.3, -0.25) is 4.98 Å². The predicted octanol–water partition coefficient (Wildman–Crippen LogP) is 3.89. The summed E-state index contributed by atoms with van der Waals surface area (Å²) in [5.74, 6) is 0. The van der Waals surface area contributed by atoms with Crippen molar-refractivity contribution in [2.24, 2.45) is 0 Å². The molecule has 2 aromatic rings. The average Bonchev–Trinajstić information content (AvgIpc) is 2.39. The Bertz CT molecular complexity index is 590. The number of nitrogens with one attached hydrogen (secondary N) is 1. The number of nitrogens with zero attached hydrogens (tertiary/aromatic N) is 2. The van der Waals surface area contributed by atoms with Gasteiger partial charge in [0.2, 0.25) is 0 Å². The van der Waals surface area contributed by atoms with Crippen LogP contribution in [0.2, 0.25) is 0 Å². The number of benzene rings is 1. The van der Waals surface area contributed by atoms with Gasteiger partial charge in [-0.2, -0.15) is 5.26 Å². The lowest BCUT2D eigenvalue weighted by Crippen LogP contribution is -2.06. The van der Waals surface area contributed by atoms with E-state index in [-0.39, 0.29) is 6.04 Å². The number of halogens is 1. The zero-order valence-electron chi connectivity index (χ0n) is 9.89. The number of rotatable bonds is 3. The molecule has 0 fully saturated rings. The molecule has 0 radical (unpaired) electrons. The van der Waals surface area contributed by atoms with Crippen molar-refractivity contribution >= 4 is 21.6 Å². The van der Waals surface area contributed by atoms with E-state index in [0.29, 0.717) is 5.56 Å². The van der Waals surface area contributed by atoms with E-state index in [1.165, 1.54) is 0 Å². The van der Waals surface area contributed by atoms with E-state index in [1.54, 1.807) is 18.5 Å². The Morgan fingerprint density at radius 3 is 2.89 bits per heavy atom. The van der Waals surface area contributed by atoms with Crippen molar-refractivity contribution in [2.45, 2.75) is 13.0 Å². The Morgan fingerprint density at radius 1 is 1.33 bits per heavy atom. The van der Waals surface area contributed by atoms with Crippen molar-refractivity contribution in [1.82, 2.24) is 4.98 Å². The lowest BCUT2D eigenvalue weighted by Gasteiger charge is -2.15. The van der Waals surface area contributed by atoms with E-state index in [1.807, 2.05) is 24.3 Å². The summed E-state index contributed by atoms with van der Waals surface area (Å²) in [7, 11) is 0. The molecule has 1 aromatic carbocycles. The van der Waals surface area contributed by atoms with Gasteiger partial charge in [0.05, 0.1) is 23.5 Å². The van der Waals surface area contributed by atoms with Crippen molar-refractivity contribution in [3.05, 3.63) is 58.3 Å². The summed E-state index contributed by atoms with van der Waals surface area (Å²) in [6.07, 6.45) is 3.52. The van der Waals surface area contributed by atoms with E-state index >= 15 is 0 Å². The molecule has 1 atom stereocenters. The lowest BCUT2D eigenvalue weighted by molar-refractivity contribution is 0.882. The van der Waals surface area contributed by atoms with Gasteiger partial charge in [0, 0.05) is 16.7 Å². The first-order valence-electron chi connectivity index (χ1n) is 5.56. The van der Waals surface area contributed by atoms with Gasteiger partial charge < -0.3 is 5.32 Å². The largest absolute Gasteiger partial charge is 0.377 e. The number of aromatic nitrogens is 1. The Kier molecular flexibility index (Phi) is 3.96. The molecule has 18 heavy (non-hydrogen) atoms. The predicted molar refractivity (Wildman–Crippen MR) is 75.1 cm³/mol. The third-order valence-corrected chi connectivity index (χ3v) is 3.04. The minimum absolute atomic E-state index is 0.120. The minimum Gasteiger partial charge on any atom is -0.377 e. The van der Waals surface area contributed by atoms with Crippen LogP contribution in [0.1, 0.15) is 24.1 Å². The molecule has 0 amide bonds. The Hall–Kier alpha value is -1.86. The summed E-state index contributed by atoms with van der Waals surface area (Å²) in [6.45, 7) is 2.05. The standard InChI is InChI=1S/C14H12BrN3/c1-10(12-4-2-3-11(5-12)7-16)18-14-6-13(15)8-17-9-14/h2-6,8-10,18H,1H3. The van der Waals surface area contributed by atoms with E-state index in [2.05, 4.69) is 39.2 Å². The van der Waals surface area contributed by atoms with E-state index in [9.17, 15) is 0 Å². The highest BCUT2D eigenvalue weighted by Gasteiger charge is 2.06. The first-order chi connectivity index (χ1) is 8.69. The van der Waals surface area contributed by atoms with Gasteiger partial charge in [0.25, 0.3) is 0 Å². The van der Waals surface area contributed by atoms with E-state index < -0.39 is 0 Å². The first-order valence-corrected chi connectivity index (χ1v) is 6.35.